The zero-order chi connectivity index (χ0) is 15.1. The molecular formula is C16H20O4. The molecule has 2 atom stereocenters. The Balaban J connectivity index is 3.01. The van der Waals surface area contributed by atoms with Crippen LogP contribution in [0.3, 0.4) is 0 Å². The van der Waals surface area contributed by atoms with Crippen molar-refractivity contribution in [2.75, 3.05) is 6.61 Å². The van der Waals surface area contributed by atoms with Crippen molar-refractivity contribution in [2.24, 2.45) is 11.8 Å². The largest absolute Gasteiger partial charge is 0.465 e. The van der Waals surface area contributed by atoms with Gasteiger partial charge in [0, 0.05) is 12.0 Å². The number of hydrogen-bond donors (Lipinski definition) is 0. The smallest absolute Gasteiger partial charge is 0.317 e. The van der Waals surface area contributed by atoms with E-state index in [9.17, 15) is 14.4 Å². The van der Waals surface area contributed by atoms with E-state index >= 15 is 0 Å². The molecule has 1 aromatic rings. The van der Waals surface area contributed by atoms with Gasteiger partial charge >= 0.3 is 5.97 Å². The van der Waals surface area contributed by atoms with Crippen molar-refractivity contribution in [3.8, 4) is 0 Å². The van der Waals surface area contributed by atoms with Crippen molar-refractivity contribution >= 4 is 17.5 Å². The summed E-state index contributed by atoms with van der Waals surface area (Å²) >= 11 is 0. The number of ether oxygens (including phenoxy) is 1. The lowest BCUT2D eigenvalue weighted by Crippen LogP contribution is -2.33. The van der Waals surface area contributed by atoms with E-state index in [0.29, 0.717) is 5.56 Å². The highest BCUT2D eigenvalue weighted by molar-refractivity contribution is 6.09. The topological polar surface area (TPSA) is 60.4 Å². The van der Waals surface area contributed by atoms with E-state index in [2.05, 4.69) is 0 Å². The number of benzene rings is 1. The minimum Gasteiger partial charge on any atom is -0.465 e. The number of carbonyl (C=O) groups is 3. The van der Waals surface area contributed by atoms with Crippen molar-refractivity contribution in [1.29, 1.82) is 0 Å². The quantitative estimate of drug-likeness (QED) is 0.436. The molecule has 0 amide bonds. The van der Waals surface area contributed by atoms with E-state index in [0.717, 1.165) is 0 Å². The van der Waals surface area contributed by atoms with Gasteiger partial charge in [-0.3, -0.25) is 9.59 Å². The zero-order valence-electron chi connectivity index (χ0n) is 12.1. The van der Waals surface area contributed by atoms with Crippen LogP contribution in [0.1, 0.15) is 37.6 Å². The Bertz CT molecular complexity index is 479. The second-order valence-electron chi connectivity index (χ2n) is 4.84. The van der Waals surface area contributed by atoms with E-state index < -0.39 is 11.9 Å². The summed E-state index contributed by atoms with van der Waals surface area (Å²) in [6.07, 6.45) is 0.183. The van der Waals surface area contributed by atoms with Crippen LogP contribution in [-0.2, 0) is 14.3 Å². The van der Waals surface area contributed by atoms with Crippen LogP contribution >= 0.6 is 0 Å². The molecule has 0 fully saturated rings. The molecule has 4 nitrogen and oxygen atoms in total. The summed E-state index contributed by atoms with van der Waals surface area (Å²) < 4.78 is 4.98. The predicted octanol–water partition coefficient (Wildman–Crippen LogP) is 2.66. The van der Waals surface area contributed by atoms with Crippen LogP contribution in [0.15, 0.2) is 30.3 Å². The summed E-state index contributed by atoms with van der Waals surface area (Å²) in [6, 6.07) is 8.61. The molecule has 0 aromatic heterocycles. The average Bonchev–Trinajstić information content (AvgIpc) is 2.39. The van der Waals surface area contributed by atoms with E-state index in [-0.39, 0.29) is 30.5 Å². The number of carbonyl (C=O) groups excluding carboxylic acids is 3. The molecular weight excluding hydrogens is 256 g/mol. The Morgan fingerprint density at radius 2 is 1.75 bits per heavy atom. The van der Waals surface area contributed by atoms with Gasteiger partial charge in [-0.2, -0.15) is 0 Å². The van der Waals surface area contributed by atoms with Gasteiger partial charge in [-0.1, -0.05) is 37.3 Å². The maximum Gasteiger partial charge on any atom is 0.317 e. The number of Topliss-reactive ketones (excluding diaryl/α,β-unsaturated/α-hetero) is 2. The lowest BCUT2D eigenvalue weighted by molar-refractivity contribution is -0.147. The second-order valence-corrected chi connectivity index (χ2v) is 4.84. The number of hydrogen-bond acceptors (Lipinski definition) is 4. The molecule has 0 heterocycles. The number of ketones is 2. The van der Waals surface area contributed by atoms with Gasteiger partial charge in [-0.05, 0) is 19.8 Å². The van der Waals surface area contributed by atoms with Crippen LogP contribution in [0.5, 0.6) is 0 Å². The Hall–Kier alpha value is -1.97. The van der Waals surface area contributed by atoms with Gasteiger partial charge in [-0.25, -0.2) is 0 Å². The van der Waals surface area contributed by atoms with Gasteiger partial charge in [0.15, 0.2) is 5.78 Å². The fraction of sp³-hybridized carbons (Fsp3) is 0.438. The van der Waals surface area contributed by atoms with Crippen LogP contribution < -0.4 is 0 Å². The summed E-state index contributed by atoms with van der Waals surface area (Å²) in [6.45, 7) is 5.08. The van der Waals surface area contributed by atoms with Gasteiger partial charge in [-0.15, -0.1) is 0 Å². The standard InChI is InChI=1S/C16H20O4/c1-4-20-16(19)14(11(2)10-12(3)17)15(18)13-8-6-5-7-9-13/h5-9,11,14H,4,10H2,1-3H3/t11?,14-/m1/s1. The van der Waals surface area contributed by atoms with E-state index in [1.165, 1.54) is 6.92 Å². The van der Waals surface area contributed by atoms with E-state index in [1.807, 2.05) is 0 Å². The molecule has 0 bridgehead atoms. The van der Waals surface area contributed by atoms with E-state index in [1.54, 1.807) is 44.2 Å². The van der Waals surface area contributed by atoms with Gasteiger partial charge < -0.3 is 9.53 Å². The normalized spacial score (nSPS) is 13.3. The van der Waals surface area contributed by atoms with Crippen LogP contribution in [0.25, 0.3) is 0 Å². The Morgan fingerprint density at radius 1 is 1.15 bits per heavy atom. The Kier molecular flexibility index (Phi) is 6.10. The van der Waals surface area contributed by atoms with Crippen molar-refractivity contribution in [3.05, 3.63) is 35.9 Å². The monoisotopic (exact) mass is 276 g/mol. The molecule has 1 aromatic carbocycles. The molecule has 0 radical (unpaired) electrons. The molecule has 0 spiro atoms. The summed E-state index contributed by atoms with van der Waals surface area (Å²) in [4.78, 5) is 35.7. The minimum absolute atomic E-state index is 0.0485. The number of esters is 1. The molecule has 0 aliphatic rings. The molecule has 0 saturated carbocycles. The third-order valence-electron chi connectivity index (χ3n) is 3.06. The minimum atomic E-state index is -0.929. The van der Waals surface area contributed by atoms with Crippen LogP contribution in [0.4, 0.5) is 0 Å². The highest BCUT2D eigenvalue weighted by atomic mass is 16.5. The van der Waals surface area contributed by atoms with Gasteiger partial charge in [0.2, 0.25) is 0 Å². The Labute approximate surface area is 119 Å². The third kappa shape index (κ3) is 4.30. The summed E-state index contributed by atoms with van der Waals surface area (Å²) in [5.41, 5.74) is 0.459. The highest BCUT2D eigenvalue weighted by Crippen LogP contribution is 2.22. The molecule has 0 aliphatic heterocycles. The van der Waals surface area contributed by atoms with Crippen LogP contribution in [0, 0.1) is 11.8 Å². The number of rotatable bonds is 7. The van der Waals surface area contributed by atoms with Crippen molar-refractivity contribution in [1.82, 2.24) is 0 Å². The summed E-state index contributed by atoms with van der Waals surface area (Å²) in [5, 5.41) is 0. The maximum atomic E-state index is 12.5. The molecule has 20 heavy (non-hydrogen) atoms. The molecule has 0 N–H and O–H groups in total. The molecule has 1 unspecified atom stereocenters. The molecule has 4 heteroatoms. The first kappa shape index (κ1) is 16.1. The average molecular weight is 276 g/mol. The van der Waals surface area contributed by atoms with Gasteiger partial charge in [0.05, 0.1) is 6.61 Å². The Morgan fingerprint density at radius 3 is 2.25 bits per heavy atom. The first-order valence-corrected chi connectivity index (χ1v) is 6.72. The lowest BCUT2D eigenvalue weighted by Gasteiger charge is -2.20. The highest BCUT2D eigenvalue weighted by Gasteiger charge is 2.34. The van der Waals surface area contributed by atoms with Crippen molar-refractivity contribution in [3.63, 3.8) is 0 Å². The first-order chi connectivity index (χ1) is 9.47. The maximum absolute atomic E-state index is 12.5. The van der Waals surface area contributed by atoms with Gasteiger partial charge in [0.25, 0.3) is 0 Å². The predicted molar refractivity (Wildman–Crippen MR) is 75.4 cm³/mol. The third-order valence-corrected chi connectivity index (χ3v) is 3.06. The summed E-state index contributed by atoms with van der Waals surface area (Å²) in [7, 11) is 0. The van der Waals surface area contributed by atoms with Crippen LogP contribution in [-0.4, -0.2) is 24.1 Å². The zero-order valence-corrected chi connectivity index (χ0v) is 12.1. The second kappa shape index (κ2) is 7.58. The molecule has 108 valence electrons. The van der Waals surface area contributed by atoms with Crippen molar-refractivity contribution in [2.45, 2.75) is 27.2 Å². The molecule has 0 saturated heterocycles. The first-order valence-electron chi connectivity index (χ1n) is 6.72. The molecule has 1 rings (SSSR count). The van der Waals surface area contributed by atoms with Crippen LogP contribution in [0.2, 0.25) is 0 Å². The van der Waals surface area contributed by atoms with E-state index in [4.69, 9.17) is 4.74 Å². The fourth-order valence-corrected chi connectivity index (χ4v) is 2.18. The fourth-order valence-electron chi connectivity index (χ4n) is 2.18. The lowest BCUT2D eigenvalue weighted by atomic mass is 9.84. The molecule has 0 aliphatic carbocycles. The SMILES string of the molecule is CCOC(=O)[C@@H](C(=O)c1ccccc1)C(C)CC(C)=O. The van der Waals surface area contributed by atoms with Crippen molar-refractivity contribution < 1.29 is 19.1 Å². The summed E-state index contributed by atoms with van der Waals surface area (Å²) in [5.74, 6) is -2.21. The van der Waals surface area contributed by atoms with Gasteiger partial charge in [0.1, 0.15) is 11.7 Å².